The predicted molar refractivity (Wildman–Crippen MR) is 77.8 cm³/mol. The molecule has 1 heterocycles. The van der Waals surface area contributed by atoms with Crippen LogP contribution in [-0.4, -0.2) is 65.7 Å². The molecule has 0 saturated carbocycles. The fourth-order valence-corrected chi connectivity index (χ4v) is 2.57. The third-order valence-corrected chi connectivity index (χ3v) is 4.11. The first-order valence-corrected chi connectivity index (χ1v) is 7.45. The maximum Gasteiger partial charge on any atom is 0.317 e. The zero-order valence-electron chi connectivity index (χ0n) is 12.8. The topological polar surface area (TPSA) is 72.9 Å². The van der Waals surface area contributed by atoms with Crippen LogP contribution in [0.5, 0.6) is 0 Å². The Balaban J connectivity index is 2.44. The number of nitrogens with zero attached hydrogens (tertiary/aromatic N) is 2. The number of piperidine rings is 1. The molecule has 1 fully saturated rings. The lowest BCUT2D eigenvalue weighted by atomic mass is 10.0. The van der Waals surface area contributed by atoms with E-state index in [0.29, 0.717) is 6.42 Å². The van der Waals surface area contributed by atoms with Gasteiger partial charge in [0.2, 0.25) is 0 Å². The molecule has 0 bridgehead atoms. The lowest BCUT2D eigenvalue weighted by molar-refractivity contribution is -0.137. The van der Waals surface area contributed by atoms with Crippen LogP contribution in [0.15, 0.2) is 0 Å². The monoisotopic (exact) mass is 285 g/mol. The Bertz CT molecular complexity index is 328. The Morgan fingerprint density at radius 3 is 2.40 bits per heavy atom. The number of hydrogen-bond donors (Lipinski definition) is 2. The molecule has 1 saturated heterocycles. The molecule has 2 N–H and O–H groups in total. The van der Waals surface area contributed by atoms with E-state index < -0.39 is 5.97 Å². The molecule has 0 aromatic heterocycles. The molecular formula is C14H27N3O3. The summed E-state index contributed by atoms with van der Waals surface area (Å²) in [5.41, 5.74) is 0. The van der Waals surface area contributed by atoms with Gasteiger partial charge in [0.15, 0.2) is 0 Å². The molecule has 1 aliphatic rings. The van der Waals surface area contributed by atoms with Gasteiger partial charge in [-0.25, -0.2) is 4.79 Å². The Morgan fingerprint density at radius 2 is 1.95 bits per heavy atom. The largest absolute Gasteiger partial charge is 0.481 e. The molecule has 6 nitrogen and oxygen atoms in total. The van der Waals surface area contributed by atoms with E-state index in [-0.39, 0.29) is 24.5 Å². The van der Waals surface area contributed by atoms with Gasteiger partial charge in [0.25, 0.3) is 0 Å². The van der Waals surface area contributed by atoms with Crippen molar-refractivity contribution in [3.05, 3.63) is 0 Å². The van der Waals surface area contributed by atoms with Gasteiger partial charge in [-0.15, -0.1) is 0 Å². The summed E-state index contributed by atoms with van der Waals surface area (Å²) in [7, 11) is 1.80. The molecular weight excluding hydrogens is 258 g/mol. The van der Waals surface area contributed by atoms with Crippen molar-refractivity contribution in [2.24, 2.45) is 0 Å². The number of urea groups is 1. The molecule has 0 aromatic rings. The molecule has 6 heteroatoms. The molecule has 1 unspecified atom stereocenters. The predicted octanol–water partition coefficient (Wildman–Crippen LogP) is 1.37. The molecule has 116 valence electrons. The first-order valence-electron chi connectivity index (χ1n) is 7.45. The molecule has 0 radical (unpaired) electrons. The van der Waals surface area contributed by atoms with Crippen molar-refractivity contribution in [3.63, 3.8) is 0 Å². The van der Waals surface area contributed by atoms with E-state index in [1.54, 1.807) is 11.9 Å². The number of carbonyl (C=O) groups excluding carboxylic acids is 1. The van der Waals surface area contributed by atoms with E-state index >= 15 is 0 Å². The number of carboxylic acids is 1. The highest BCUT2D eigenvalue weighted by Crippen LogP contribution is 2.15. The number of nitrogens with one attached hydrogen (secondary N) is 1. The molecule has 20 heavy (non-hydrogen) atoms. The van der Waals surface area contributed by atoms with Crippen LogP contribution in [0.25, 0.3) is 0 Å². The van der Waals surface area contributed by atoms with Crippen LogP contribution in [0.3, 0.4) is 0 Å². The molecule has 1 atom stereocenters. The summed E-state index contributed by atoms with van der Waals surface area (Å²) in [4.78, 5) is 27.0. The minimum absolute atomic E-state index is 0.0235. The Labute approximate surface area is 121 Å². The SMILES string of the molecule is CCC(CC(=O)O)NC(=O)N(C)C1CCN(CC)CC1. The minimum atomic E-state index is -0.879. The zero-order chi connectivity index (χ0) is 15.1. The van der Waals surface area contributed by atoms with Crippen LogP contribution >= 0.6 is 0 Å². The highest BCUT2D eigenvalue weighted by atomic mass is 16.4. The number of carboxylic acid groups (broad SMARTS) is 1. The highest BCUT2D eigenvalue weighted by Gasteiger charge is 2.26. The Kier molecular flexibility index (Phi) is 6.78. The van der Waals surface area contributed by atoms with Gasteiger partial charge in [-0.05, 0) is 25.8 Å². The number of hydrogen-bond acceptors (Lipinski definition) is 3. The van der Waals surface area contributed by atoms with Crippen molar-refractivity contribution >= 4 is 12.0 Å². The van der Waals surface area contributed by atoms with Crippen molar-refractivity contribution in [2.75, 3.05) is 26.7 Å². The van der Waals surface area contributed by atoms with Crippen LogP contribution in [0.2, 0.25) is 0 Å². The average Bonchev–Trinajstić information content (AvgIpc) is 2.45. The molecule has 0 aromatic carbocycles. The van der Waals surface area contributed by atoms with Gasteiger partial charge in [-0.1, -0.05) is 13.8 Å². The van der Waals surface area contributed by atoms with Crippen molar-refractivity contribution in [1.82, 2.24) is 15.1 Å². The maximum absolute atomic E-state index is 12.2. The van der Waals surface area contributed by atoms with Crippen LogP contribution in [-0.2, 0) is 4.79 Å². The molecule has 1 rings (SSSR count). The van der Waals surface area contributed by atoms with Crippen molar-refractivity contribution in [3.8, 4) is 0 Å². The second-order valence-electron chi connectivity index (χ2n) is 5.43. The summed E-state index contributed by atoms with van der Waals surface area (Å²) in [6, 6.07) is -0.202. The number of rotatable bonds is 6. The standard InChI is InChI=1S/C14H27N3O3/c1-4-11(10-13(18)19)15-14(20)16(3)12-6-8-17(5-2)9-7-12/h11-12H,4-10H2,1-3H3,(H,15,20)(H,18,19). The number of aliphatic carboxylic acids is 1. The highest BCUT2D eigenvalue weighted by molar-refractivity contribution is 5.76. The van der Waals surface area contributed by atoms with Gasteiger partial charge < -0.3 is 20.2 Å². The minimum Gasteiger partial charge on any atom is -0.481 e. The molecule has 2 amide bonds. The summed E-state index contributed by atoms with van der Waals surface area (Å²) in [6.45, 7) is 7.12. The Morgan fingerprint density at radius 1 is 1.35 bits per heavy atom. The summed E-state index contributed by atoms with van der Waals surface area (Å²) in [6.07, 6.45) is 2.56. The van der Waals surface area contributed by atoms with Crippen LogP contribution in [0, 0.1) is 0 Å². The molecule has 0 spiro atoms. The second-order valence-corrected chi connectivity index (χ2v) is 5.43. The first-order chi connectivity index (χ1) is 9.47. The van der Waals surface area contributed by atoms with E-state index in [2.05, 4.69) is 17.1 Å². The Hall–Kier alpha value is -1.30. The van der Waals surface area contributed by atoms with Crippen LogP contribution in [0.4, 0.5) is 4.79 Å². The van der Waals surface area contributed by atoms with Gasteiger partial charge in [0.05, 0.1) is 6.42 Å². The quantitative estimate of drug-likeness (QED) is 0.773. The molecule has 0 aliphatic carbocycles. The summed E-state index contributed by atoms with van der Waals surface area (Å²) < 4.78 is 0. The van der Waals surface area contributed by atoms with Crippen molar-refractivity contribution in [1.29, 1.82) is 0 Å². The smallest absolute Gasteiger partial charge is 0.317 e. The summed E-state index contributed by atoms with van der Waals surface area (Å²) in [5.74, 6) is -0.879. The number of carbonyl (C=O) groups is 2. The second kappa shape index (κ2) is 8.09. The van der Waals surface area contributed by atoms with Crippen molar-refractivity contribution in [2.45, 2.75) is 51.6 Å². The van der Waals surface area contributed by atoms with E-state index in [9.17, 15) is 9.59 Å². The van der Waals surface area contributed by atoms with Gasteiger partial charge >= 0.3 is 12.0 Å². The first kappa shape index (κ1) is 16.8. The number of amides is 2. The van der Waals surface area contributed by atoms with Gasteiger partial charge in [0, 0.05) is 32.2 Å². The van der Waals surface area contributed by atoms with E-state index in [1.165, 1.54) is 0 Å². The van der Waals surface area contributed by atoms with Gasteiger partial charge in [-0.3, -0.25) is 4.79 Å². The normalized spacial score (nSPS) is 18.6. The van der Waals surface area contributed by atoms with Gasteiger partial charge in [0.1, 0.15) is 0 Å². The van der Waals surface area contributed by atoms with Gasteiger partial charge in [-0.2, -0.15) is 0 Å². The van der Waals surface area contributed by atoms with Crippen molar-refractivity contribution < 1.29 is 14.7 Å². The summed E-state index contributed by atoms with van der Waals surface area (Å²) >= 11 is 0. The fourth-order valence-electron chi connectivity index (χ4n) is 2.57. The van der Waals surface area contributed by atoms with Crippen LogP contribution in [0.1, 0.15) is 39.5 Å². The van der Waals surface area contributed by atoms with E-state index in [0.717, 1.165) is 32.5 Å². The third kappa shape index (κ3) is 5.00. The zero-order valence-corrected chi connectivity index (χ0v) is 12.8. The fraction of sp³-hybridized carbons (Fsp3) is 0.857. The third-order valence-electron chi connectivity index (χ3n) is 4.11. The average molecular weight is 285 g/mol. The van der Waals surface area contributed by atoms with E-state index in [1.807, 2.05) is 6.92 Å². The number of likely N-dealkylation sites (tertiary alicyclic amines) is 1. The van der Waals surface area contributed by atoms with Crippen LogP contribution < -0.4 is 5.32 Å². The van der Waals surface area contributed by atoms with E-state index in [4.69, 9.17) is 5.11 Å². The summed E-state index contributed by atoms with van der Waals surface area (Å²) in [5, 5.41) is 11.6. The lowest BCUT2D eigenvalue weighted by Gasteiger charge is -2.36. The lowest BCUT2D eigenvalue weighted by Crippen LogP contribution is -2.51. The maximum atomic E-state index is 12.2. The molecule has 1 aliphatic heterocycles.